The van der Waals surface area contributed by atoms with Crippen molar-refractivity contribution in [1.82, 2.24) is 0 Å². The van der Waals surface area contributed by atoms with Crippen molar-refractivity contribution < 1.29 is 19.4 Å². The molecule has 0 aromatic heterocycles. The lowest BCUT2D eigenvalue weighted by Crippen LogP contribution is -2.25. The summed E-state index contributed by atoms with van der Waals surface area (Å²) in [4.78, 5) is 11.1. The first kappa shape index (κ1) is 19.3. The number of nitrogens with two attached hydrogens (primary N) is 1. The van der Waals surface area contributed by atoms with Crippen molar-refractivity contribution in [1.29, 1.82) is 0 Å². The second kappa shape index (κ2) is 10.1. The molecule has 23 heavy (non-hydrogen) atoms. The van der Waals surface area contributed by atoms with Gasteiger partial charge in [0.1, 0.15) is 11.5 Å². The van der Waals surface area contributed by atoms with E-state index in [9.17, 15) is 4.79 Å². The van der Waals surface area contributed by atoms with E-state index in [1.54, 1.807) is 0 Å². The second-order valence-electron chi connectivity index (χ2n) is 5.79. The van der Waals surface area contributed by atoms with Crippen molar-refractivity contribution in [3.8, 4) is 11.5 Å². The highest BCUT2D eigenvalue weighted by molar-refractivity contribution is 5.70. The summed E-state index contributed by atoms with van der Waals surface area (Å²) in [5, 5.41) is 9.10. The molecule has 0 aliphatic carbocycles. The third kappa shape index (κ3) is 6.48. The third-order valence-corrected chi connectivity index (χ3v) is 3.87. The van der Waals surface area contributed by atoms with Crippen LogP contribution in [0.5, 0.6) is 11.5 Å². The van der Waals surface area contributed by atoms with Crippen LogP contribution in [-0.4, -0.2) is 30.8 Å². The van der Waals surface area contributed by atoms with E-state index in [4.69, 9.17) is 20.3 Å². The largest absolute Gasteiger partial charge is 0.494 e. The van der Waals surface area contributed by atoms with Crippen molar-refractivity contribution in [2.45, 2.75) is 40.0 Å². The Kier molecular flexibility index (Phi) is 8.48. The summed E-state index contributed by atoms with van der Waals surface area (Å²) in [6.45, 7) is 7.41. The van der Waals surface area contributed by atoms with Crippen LogP contribution in [0, 0.1) is 11.8 Å². The molecule has 0 spiro atoms. The first-order valence-electron chi connectivity index (χ1n) is 8.33. The Morgan fingerprint density at radius 2 is 1.96 bits per heavy atom. The van der Waals surface area contributed by atoms with Crippen molar-refractivity contribution in [2.24, 2.45) is 17.6 Å². The van der Waals surface area contributed by atoms with Gasteiger partial charge in [-0.2, -0.15) is 0 Å². The van der Waals surface area contributed by atoms with Crippen LogP contribution in [0.3, 0.4) is 0 Å². The van der Waals surface area contributed by atoms with Gasteiger partial charge in [-0.3, -0.25) is 4.79 Å². The molecule has 5 heteroatoms. The highest BCUT2D eigenvalue weighted by atomic mass is 16.5. The first-order valence-corrected chi connectivity index (χ1v) is 8.33. The van der Waals surface area contributed by atoms with Crippen LogP contribution in [0.2, 0.25) is 0 Å². The van der Waals surface area contributed by atoms with Gasteiger partial charge in [-0.25, -0.2) is 0 Å². The molecule has 2 unspecified atom stereocenters. The monoisotopic (exact) mass is 323 g/mol. The minimum atomic E-state index is -0.812. The number of carbonyl (C=O) groups is 1. The minimum Gasteiger partial charge on any atom is -0.494 e. The molecule has 1 aromatic carbocycles. The average molecular weight is 323 g/mol. The van der Waals surface area contributed by atoms with Crippen molar-refractivity contribution in [3.05, 3.63) is 23.8 Å². The minimum absolute atomic E-state index is 0.184. The summed E-state index contributed by atoms with van der Waals surface area (Å²) in [5.41, 5.74) is 6.63. The Labute approximate surface area is 138 Å². The normalized spacial score (nSPS) is 13.4. The smallest absolute Gasteiger partial charge is 0.307 e. The Morgan fingerprint density at radius 1 is 1.26 bits per heavy atom. The molecule has 1 rings (SSSR count). The molecule has 0 amide bonds. The molecule has 3 N–H and O–H groups in total. The van der Waals surface area contributed by atoms with Gasteiger partial charge in [-0.05, 0) is 62.8 Å². The van der Waals surface area contributed by atoms with E-state index in [1.807, 2.05) is 32.0 Å². The van der Waals surface area contributed by atoms with Gasteiger partial charge in [0.2, 0.25) is 0 Å². The van der Waals surface area contributed by atoms with Gasteiger partial charge in [0.25, 0.3) is 0 Å². The molecule has 130 valence electrons. The SMILES string of the molecule is CCOc1ccc(OCC)c(CCC(C)CC(CN)C(=O)O)c1. The summed E-state index contributed by atoms with van der Waals surface area (Å²) in [5.74, 6) is 0.712. The molecule has 0 saturated carbocycles. The van der Waals surface area contributed by atoms with Crippen LogP contribution >= 0.6 is 0 Å². The van der Waals surface area contributed by atoms with Gasteiger partial charge < -0.3 is 20.3 Å². The van der Waals surface area contributed by atoms with Crippen LogP contribution in [0.4, 0.5) is 0 Å². The predicted octanol–water partition coefficient (Wildman–Crippen LogP) is 3.10. The van der Waals surface area contributed by atoms with Crippen LogP contribution in [0.25, 0.3) is 0 Å². The van der Waals surface area contributed by atoms with E-state index in [0.717, 1.165) is 29.9 Å². The number of carboxylic acids is 1. The van der Waals surface area contributed by atoms with E-state index in [1.165, 1.54) is 0 Å². The summed E-state index contributed by atoms with van der Waals surface area (Å²) < 4.78 is 11.2. The van der Waals surface area contributed by atoms with Gasteiger partial charge >= 0.3 is 5.97 Å². The van der Waals surface area contributed by atoms with E-state index >= 15 is 0 Å². The number of ether oxygens (including phenoxy) is 2. The van der Waals surface area contributed by atoms with E-state index < -0.39 is 11.9 Å². The average Bonchev–Trinajstić information content (AvgIpc) is 2.52. The lowest BCUT2D eigenvalue weighted by molar-refractivity contribution is -0.141. The molecule has 0 fully saturated rings. The zero-order valence-corrected chi connectivity index (χ0v) is 14.4. The Morgan fingerprint density at radius 3 is 2.52 bits per heavy atom. The zero-order valence-electron chi connectivity index (χ0n) is 14.4. The maximum Gasteiger partial charge on any atom is 0.307 e. The fourth-order valence-electron chi connectivity index (χ4n) is 2.61. The van der Waals surface area contributed by atoms with Crippen LogP contribution < -0.4 is 15.2 Å². The van der Waals surface area contributed by atoms with Crippen molar-refractivity contribution in [2.75, 3.05) is 19.8 Å². The molecular formula is C18H29NO4. The number of hydrogen-bond donors (Lipinski definition) is 2. The maximum absolute atomic E-state index is 11.1. The lowest BCUT2D eigenvalue weighted by Gasteiger charge is -2.17. The molecule has 5 nitrogen and oxygen atoms in total. The number of benzene rings is 1. The fourth-order valence-corrected chi connectivity index (χ4v) is 2.61. The van der Waals surface area contributed by atoms with Crippen LogP contribution in [0.1, 0.15) is 39.2 Å². The van der Waals surface area contributed by atoms with Crippen LogP contribution in [0.15, 0.2) is 18.2 Å². The molecule has 0 radical (unpaired) electrons. The first-order chi connectivity index (χ1) is 11.0. The predicted molar refractivity (Wildman–Crippen MR) is 91.1 cm³/mol. The van der Waals surface area contributed by atoms with E-state index in [-0.39, 0.29) is 12.5 Å². The van der Waals surface area contributed by atoms with Gasteiger partial charge in [-0.15, -0.1) is 0 Å². The highest BCUT2D eigenvalue weighted by Gasteiger charge is 2.19. The van der Waals surface area contributed by atoms with Gasteiger partial charge in [-0.1, -0.05) is 6.92 Å². The molecule has 2 atom stereocenters. The Balaban J connectivity index is 2.70. The Hall–Kier alpha value is -1.75. The van der Waals surface area contributed by atoms with Gasteiger partial charge in [0.05, 0.1) is 19.1 Å². The quantitative estimate of drug-likeness (QED) is 0.654. The molecular weight excluding hydrogens is 294 g/mol. The van der Waals surface area contributed by atoms with Crippen molar-refractivity contribution in [3.63, 3.8) is 0 Å². The third-order valence-electron chi connectivity index (χ3n) is 3.87. The number of rotatable bonds is 11. The van der Waals surface area contributed by atoms with Crippen molar-refractivity contribution >= 4 is 5.97 Å². The molecule has 0 bridgehead atoms. The van der Waals surface area contributed by atoms with E-state index in [0.29, 0.717) is 19.6 Å². The molecule has 0 aliphatic heterocycles. The summed E-state index contributed by atoms with van der Waals surface area (Å²) >= 11 is 0. The van der Waals surface area contributed by atoms with Gasteiger partial charge in [0.15, 0.2) is 0 Å². The fraction of sp³-hybridized carbons (Fsp3) is 0.611. The summed E-state index contributed by atoms with van der Waals surface area (Å²) in [6, 6.07) is 5.86. The molecule has 0 aliphatic rings. The number of aryl methyl sites for hydroxylation is 1. The number of aliphatic carboxylic acids is 1. The molecule has 1 aromatic rings. The zero-order chi connectivity index (χ0) is 17.2. The number of hydrogen-bond acceptors (Lipinski definition) is 4. The van der Waals surface area contributed by atoms with Crippen LogP contribution in [-0.2, 0) is 11.2 Å². The topological polar surface area (TPSA) is 81.8 Å². The number of carboxylic acid groups (broad SMARTS) is 1. The standard InChI is InChI=1S/C18H29NO4/c1-4-22-16-8-9-17(23-5-2)14(11-16)7-6-13(3)10-15(12-19)18(20)21/h8-9,11,13,15H,4-7,10,12,19H2,1-3H3,(H,20,21). The lowest BCUT2D eigenvalue weighted by atomic mass is 9.91. The summed E-state index contributed by atoms with van der Waals surface area (Å²) in [6.07, 6.45) is 2.31. The summed E-state index contributed by atoms with van der Waals surface area (Å²) in [7, 11) is 0. The second-order valence-corrected chi connectivity index (χ2v) is 5.79. The van der Waals surface area contributed by atoms with Gasteiger partial charge in [0, 0.05) is 6.54 Å². The highest BCUT2D eigenvalue weighted by Crippen LogP contribution is 2.27. The maximum atomic E-state index is 11.1. The molecule has 0 saturated heterocycles. The van der Waals surface area contributed by atoms with E-state index in [2.05, 4.69) is 6.92 Å². The Bertz CT molecular complexity index is 490. The molecule has 0 heterocycles.